The molecule has 0 bridgehead atoms. The number of nitrogens with zero attached hydrogens (tertiary/aromatic N) is 1. The molecule has 1 rings (SSSR count). The van der Waals surface area contributed by atoms with Gasteiger partial charge in [0.15, 0.2) is 0 Å². The number of thiazole rings is 1. The minimum atomic E-state index is 0.0102. The van der Waals surface area contributed by atoms with Gasteiger partial charge in [-0.05, 0) is 0 Å². The van der Waals surface area contributed by atoms with Crippen molar-refractivity contribution in [2.45, 2.75) is 39.7 Å². The maximum Gasteiger partial charge on any atom is 0.216 e. The first-order valence-electron chi connectivity index (χ1n) is 5.79. The van der Waals surface area contributed by atoms with Crippen LogP contribution in [0.3, 0.4) is 0 Å². The molecular formula is C12H21N3OS. The zero-order valence-electron chi connectivity index (χ0n) is 11.0. The molecule has 0 aliphatic heterocycles. The van der Waals surface area contributed by atoms with E-state index in [4.69, 9.17) is 0 Å². The van der Waals surface area contributed by atoms with Crippen LogP contribution in [0, 0.1) is 0 Å². The molecule has 0 saturated heterocycles. The second-order valence-corrected chi connectivity index (χ2v) is 5.98. The summed E-state index contributed by atoms with van der Waals surface area (Å²) in [6, 6.07) is 0. The number of carbonyl (C=O) groups excluding carboxylic acids is 1. The Labute approximate surface area is 107 Å². The predicted octanol–water partition coefficient (Wildman–Crippen LogP) is 1.67. The number of hydrogen-bond donors (Lipinski definition) is 2. The fourth-order valence-electron chi connectivity index (χ4n) is 1.26. The Kier molecular flexibility index (Phi) is 5.08. The quantitative estimate of drug-likeness (QED) is 0.787. The molecule has 0 aliphatic rings. The van der Waals surface area contributed by atoms with E-state index in [1.54, 1.807) is 11.3 Å². The van der Waals surface area contributed by atoms with Gasteiger partial charge in [0.05, 0.1) is 5.69 Å². The van der Waals surface area contributed by atoms with Crippen LogP contribution in [0.2, 0.25) is 0 Å². The molecule has 1 aromatic rings. The highest BCUT2D eigenvalue weighted by Crippen LogP contribution is 2.23. The fraction of sp³-hybridized carbons (Fsp3) is 0.667. The monoisotopic (exact) mass is 255 g/mol. The van der Waals surface area contributed by atoms with Crippen molar-refractivity contribution >= 4 is 17.2 Å². The molecule has 0 aliphatic carbocycles. The first kappa shape index (κ1) is 14.1. The lowest BCUT2D eigenvalue weighted by Gasteiger charge is -2.14. The van der Waals surface area contributed by atoms with E-state index in [1.807, 2.05) is 0 Å². The highest BCUT2D eigenvalue weighted by molar-refractivity contribution is 7.09. The number of aromatic nitrogens is 1. The van der Waals surface area contributed by atoms with E-state index in [0.29, 0.717) is 6.54 Å². The highest BCUT2D eigenvalue weighted by Gasteiger charge is 2.16. The maximum atomic E-state index is 10.6. The summed E-state index contributed by atoms with van der Waals surface area (Å²) >= 11 is 1.68. The van der Waals surface area contributed by atoms with Crippen molar-refractivity contribution in [2.24, 2.45) is 0 Å². The second kappa shape index (κ2) is 6.12. The molecule has 1 aromatic heterocycles. The lowest BCUT2D eigenvalue weighted by molar-refractivity contribution is -0.118. The van der Waals surface area contributed by atoms with Gasteiger partial charge in [0.2, 0.25) is 5.91 Å². The minimum Gasteiger partial charge on any atom is -0.355 e. The summed E-state index contributed by atoms with van der Waals surface area (Å²) < 4.78 is 0. The number of amides is 1. The zero-order valence-corrected chi connectivity index (χ0v) is 11.8. The molecule has 0 spiro atoms. The lowest BCUT2D eigenvalue weighted by Crippen LogP contribution is -2.29. The van der Waals surface area contributed by atoms with Crippen molar-refractivity contribution in [1.82, 2.24) is 15.6 Å². The first-order chi connectivity index (χ1) is 7.89. The van der Waals surface area contributed by atoms with Gasteiger partial charge in [-0.1, -0.05) is 20.8 Å². The van der Waals surface area contributed by atoms with E-state index >= 15 is 0 Å². The van der Waals surface area contributed by atoms with Crippen molar-refractivity contribution in [3.63, 3.8) is 0 Å². The molecule has 4 nitrogen and oxygen atoms in total. The van der Waals surface area contributed by atoms with Crippen molar-refractivity contribution in [3.8, 4) is 0 Å². The van der Waals surface area contributed by atoms with Crippen molar-refractivity contribution in [1.29, 1.82) is 0 Å². The van der Waals surface area contributed by atoms with Crippen LogP contribution in [-0.4, -0.2) is 24.0 Å². The van der Waals surface area contributed by atoms with Gasteiger partial charge in [-0.2, -0.15) is 0 Å². The number of nitrogens with one attached hydrogen (secondary N) is 2. The largest absolute Gasteiger partial charge is 0.355 e. The summed E-state index contributed by atoms with van der Waals surface area (Å²) in [4.78, 5) is 15.2. The Balaban J connectivity index is 2.28. The molecule has 1 amide bonds. The molecule has 17 heavy (non-hydrogen) atoms. The summed E-state index contributed by atoms with van der Waals surface area (Å²) in [6.07, 6.45) is 0. The third kappa shape index (κ3) is 5.28. The van der Waals surface area contributed by atoms with Crippen LogP contribution >= 0.6 is 11.3 Å². The van der Waals surface area contributed by atoms with Crippen molar-refractivity contribution in [3.05, 3.63) is 16.1 Å². The third-order valence-corrected chi connectivity index (χ3v) is 3.12. The summed E-state index contributed by atoms with van der Waals surface area (Å²) in [5.41, 5.74) is 1.26. The van der Waals surface area contributed by atoms with Crippen LogP contribution < -0.4 is 10.6 Å². The highest BCUT2D eigenvalue weighted by atomic mass is 32.1. The summed E-state index contributed by atoms with van der Waals surface area (Å²) in [5, 5.41) is 9.21. The average molecular weight is 255 g/mol. The van der Waals surface area contributed by atoms with Crippen LogP contribution in [0.25, 0.3) is 0 Å². The predicted molar refractivity (Wildman–Crippen MR) is 71.2 cm³/mol. The Morgan fingerprint density at radius 3 is 2.65 bits per heavy atom. The Morgan fingerprint density at radius 2 is 2.12 bits per heavy atom. The number of carbonyl (C=O) groups is 1. The molecule has 96 valence electrons. The standard InChI is InChI=1S/C12H21N3OS/c1-9(16)14-6-5-13-7-11-15-10(8-17-11)12(2,3)4/h8,13H,5-7H2,1-4H3,(H,14,16). The van der Waals surface area contributed by atoms with Gasteiger partial charge in [-0.3, -0.25) is 4.79 Å². The topological polar surface area (TPSA) is 54.0 Å². The van der Waals surface area contributed by atoms with Crippen LogP contribution in [0.1, 0.15) is 38.4 Å². The fourth-order valence-corrected chi connectivity index (χ4v) is 2.25. The molecule has 0 unspecified atom stereocenters. The van der Waals surface area contributed by atoms with Crippen LogP contribution in [-0.2, 0) is 16.8 Å². The van der Waals surface area contributed by atoms with E-state index in [1.165, 1.54) is 6.92 Å². The molecule has 0 fully saturated rings. The summed E-state index contributed by atoms with van der Waals surface area (Å²) in [7, 11) is 0. The molecule has 0 atom stereocenters. The summed E-state index contributed by atoms with van der Waals surface area (Å²) in [5.74, 6) is 0.0102. The Bertz CT molecular complexity index is 368. The van der Waals surface area contributed by atoms with E-state index in [-0.39, 0.29) is 11.3 Å². The Hall–Kier alpha value is -0.940. The molecule has 0 saturated carbocycles. The second-order valence-electron chi connectivity index (χ2n) is 5.04. The normalized spacial score (nSPS) is 11.5. The molecule has 0 aromatic carbocycles. The summed E-state index contributed by atoms with van der Waals surface area (Å²) in [6.45, 7) is 10.2. The van der Waals surface area contributed by atoms with Gasteiger partial charge in [0, 0.05) is 37.4 Å². The maximum absolute atomic E-state index is 10.6. The van der Waals surface area contributed by atoms with Gasteiger partial charge < -0.3 is 10.6 Å². The molecule has 5 heteroatoms. The molecule has 0 radical (unpaired) electrons. The average Bonchev–Trinajstić information content (AvgIpc) is 2.64. The van der Waals surface area contributed by atoms with E-state index < -0.39 is 0 Å². The van der Waals surface area contributed by atoms with Gasteiger partial charge in [0.1, 0.15) is 5.01 Å². The smallest absolute Gasteiger partial charge is 0.216 e. The van der Waals surface area contributed by atoms with Crippen LogP contribution in [0.15, 0.2) is 5.38 Å². The SMILES string of the molecule is CC(=O)NCCNCc1nc(C(C)(C)C)cs1. The number of hydrogen-bond acceptors (Lipinski definition) is 4. The van der Waals surface area contributed by atoms with Gasteiger partial charge in [-0.25, -0.2) is 4.98 Å². The van der Waals surface area contributed by atoms with E-state index in [0.717, 1.165) is 23.8 Å². The zero-order chi connectivity index (χ0) is 12.9. The molecular weight excluding hydrogens is 234 g/mol. The van der Waals surface area contributed by atoms with Gasteiger partial charge in [-0.15, -0.1) is 11.3 Å². The van der Waals surface area contributed by atoms with Crippen LogP contribution in [0.4, 0.5) is 0 Å². The van der Waals surface area contributed by atoms with E-state index in [9.17, 15) is 4.79 Å². The lowest BCUT2D eigenvalue weighted by atomic mass is 9.93. The first-order valence-corrected chi connectivity index (χ1v) is 6.67. The molecule has 2 N–H and O–H groups in total. The molecule has 1 heterocycles. The minimum absolute atomic E-state index is 0.0102. The number of rotatable bonds is 5. The van der Waals surface area contributed by atoms with Gasteiger partial charge in [0.25, 0.3) is 0 Å². The third-order valence-electron chi connectivity index (χ3n) is 2.27. The Morgan fingerprint density at radius 1 is 1.41 bits per heavy atom. The van der Waals surface area contributed by atoms with E-state index in [2.05, 4.69) is 41.8 Å². The van der Waals surface area contributed by atoms with Crippen LogP contribution in [0.5, 0.6) is 0 Å². The van der Waals surface area contributed by atoms with Gasteiger partial charge >= 0.3 is 0 Å². The van der Waals surface area contributed by atoms with Crippen molar-refractivity contribution in [2.75, 3.05) is 13.1 Å². The van der Waals surface area contributed by atoms with Crippen molar-refractivity contribution < 1.29 is 4.79 Å².